The van der Waals surface area contributed by atoms with Crippen molar-refractivity contribution in [1.82, 2.24) is 0 Å². The summed E-state index contributed by atoms with van der Waals surface area (Å²) in [4.78, 5) is 35.4. The molecule has 1 unspecified atom stereocenters. The Morgan fingerprint density at radius 1 is 0.925 bits per heavy atom. The minimum atomic E-state index is -4.60. The summed E-state index contributed by atoms with van der Waals surface area (Å²) < 4.78 is 32.2. The summed E-state index contributed by atoms with van der Waals surface area (Å²) in [7, 11) is 1.07. The molecule has 0 spiro atoms. The molecule has 0 aliphatic carbocycles. The standard InChI is InChI=1S/C28H54NO10P/c1-6-7-8-9-11-14-17-26(31)27(32)18-15-12-10-13-16-19-28(33)36-22-25(39-24(2)30)23-38-40(34,35)37-21-20-29(3,4)5/h11,14,25-27,31-32H,6-10,12-13,15-23H2,1-5H3/b14-11-/t25-,26-,27-/m1/s1. The quantitative estimate of drug-likeness (QED) is 0.0526. The molecule has 0 amide bonds. The molecule has 0 saturated carbocycles. The van der Waals surface area contributed by atoms with Crippen molar-refractivity contribution in [2.45, 2.75) is 109 Å². The fourth-order valence-electron chi connectivity index (χ4n) is 3.62. The maximum atomic E-state index is 12.1. The number of rotatable bonds is 25. The van der Waals surface area contributed by atoms with Gasteiger partial charge >= 0.3 is 11.9 Å². The second kappa shape index (κ2) is 22.3. The predicted molar refractivity (Wildman–Crippen MR) is 151 cm³/mol. The van der Waals surface area contributed by atoms with E-state index in [1.807, 2.05) is 27.2 Å². The molecular weight excluding hydrogens is 541 g/mol. The number of hydrogen-bond donors (Lipinski definition) is 2. The van der Waals surface area contributed by atoms with Crippen LogP contribution in [0.1, 0.15) is 90.9 Å². The van der Waals surface area contributed by atoms with Crippen LogP contribution in [-0.4, -0.2) is 92.5 Å². The van der Waals surface area contributed by atoms with Gasteiger partial charge in [0.15, 0.2) is 6.10 Å². The molecule has 0 fully saturated rings. The number of phosphoric acid groups is 1. The Bertz CT molecular complexity index is 756. The average molecular weight is 596 g/mol. The molecule has 0 heterocycles. The fraction of sp³-hybridized carbons (Fsp3) is 0.857. The van der Waals surface area contributed by atoms with E-state index in [1.165, 1.54) is 12.8 Å². The maximum absolute atomic E-state index is 12.1. The van der Waals surface area contributed by atoms with Gasteiger partial charge in [0.2, 0.25) is 0 Å². The Hall–Kier alpha value is -1.33. The van der Waals surface area contributed by atoms with Crippen molar-refractivity contribution in [2.24, 2.45) is 0 Å². The van der Waals surface area contributed by atoms with Crippen LogP contribution in [0, 0.1) is 0 Å². The second-order valence-electron chi connectivity index (χ2n) is 11.1. The number of hydrogen-bond acceptors (Lipinski definition) is 10. The van der Waals surface area contributed by atoms with Crippen LogP contribution in [0.25, 0.3) is 0 Å². The molecule has 0 bridgehead atoms. The normalized spacial score (nSPS) is 15.9. The topological polar surface area (TPSA) is 152 Å². The third-order valence-electron chi connectivity index (χ3n) is 6.04. The first-order valence-corrected chi connectivity index (χ1v) is 16.0. The molecule has 0 saturated heterocycles. The first-order valence-electron chi connectivity index (χ1n) is 14.5. The van der Waals surface area contributed by atoms with Gasteiger partial charge in [0.05, 0.1) is 40.0 Å². The first kappa shape index (κ1) is 38.7. The van der Waals surface area contributed by atoms with Crippen LogP contribution >= 0.6 is 7.82 Å². The van der Waals surface area contributed by atoms with Gasteiger partial charge in [-0.05, 0) is 32.1 Å². The summed E-state index contributed by atoms with van der Waals surface area (Å²) in [6, 6.07) is 0. The Morgan fingerprint density at radius 2 is 1.60 bits per heavy atom. The van der Waals surface area contributed by atoms with Crippen LogP contribution in [0.4, 0.5) is 0 Å². The van der Waals surface area contributed by atoms with Crippen LogP contribution in [0.15, 0.2) is 12.2 Å². The summed E-state index contributed by atoms with van der Waals surface area (Å²) in [5.74, 6) is -1.14. The zero-order valence-electron chi connectivity index (χ0n) is 25.3. The van der Waals surface area contributed by atoms with Gasteiger partial charge in [-0.1, -0.05) is 57.6 Å². The van der Waals surface area contributed by atoms with E-state index in [-0.39, 0.29) is 19.6 Å². The number of ether oxygens (including phenoxy) is 2. The van der Waals surface area contributed by atoms with E-state index in [2.05, 4.69) is 13.0 Å². The number of quaternary nitrogens is 1. The number of aliphatic hydroxyl groups excluding tert-OH is 2. The van der Waals surface area contributed by atoms with Crippen molar-refractivity contribution in [3.8, 4) is 0 Å². The lowest BCUT2D eigenvalue weighted by atomic mass is 10.0. The summed E-state index contributed by atoms with van der Waals surface area (Å²) in [5, 5.41) is 20.2. The largest absolute Gasteiger partial charge is 0.756 e. The van der Waals surface area contributed by atoms with E-state index in [9.17, 15) is 29.3 Å². The van der Waals surface area contributed by atoms with Gasteiger partial charge in [-0.3, -0.25) is 14.2 Å². The zero-order valence-corrected chi connectivity index (χ0v) is 26.1. The third-order valence-corrected chi connectivity index (χ3v) is 7.00. The Kier molecular flexibility index (Phi) is 21.5. The molecule has 0 aliphatic heterocycles. The summed E-state index contributed by atoms with van der Waals surface area (Å²) in [6.07, 6.45) is 11.1. The number of likely N-dealkylation sites (N-methyl/N-ethyl adjacent to an activating group) is 1. The van der Waals surface area contributed by atoms with Crippen LogP contribution < -0.4 is 4.89 Å². The van der Waals surface area contributed by atoms with Crippen molar-refractivity contribution in [3.05, 3.63) is 12.2 Å². The number of phosphoric ester groups is 1. The van der Waals surface area contributed by atoms with Crippen molar-refractivity contribution in [2.75, 3.05) is 47.5 Å². The maximum Gasteiger partial charge on any atom is 0.305 e. The van der Waals surface area contributed by atoms with E-state index in [0.29, 0.717) is 30.3 Å². The van der Waals surface area contributed by atoms with Gasteiger partial charge in [0.25, 0.3) is 7.82 Å². The molecule has 0 aromatic rings. The summed E-state index contributed by atoms with van der Waals surface area (Å²) in [5.41, 5.74) is 0. The van der Waals surface area contributed by atoms with Crippen LogP contribution in [0.3, 0.4) is 0 Å². The number of carbonyl (C=O) groups excluding carboxylic acids is 2. The monoisotopic (exact) mass is 595 g/mol. The predicted octanol–water partition coefficient (Wildman–Crippen LogP) is 3.65. The molecule has 11 nitrogen and oxygen atoms in total. The van der Waals surface area contributed by atoms with Crippen molar-refractivity contribution < 1.29 is 52.3 Å². The molecule has 2 N–H and O–H groups in total. The number of unbranched alkanes of at least 4 members (excludes halogenated alkanes) is 7. The van der Waals surface area contributed by atoms with Gasteiger partial charge in [-0.15, -0.1) is 0 Å². The van der Waals surface area contributed by atoms with Gasteiger partial charge in [-0.25, -0.2) is 0 Å². The number of aliphatic hydroxyl groups is 2. The summed E-state index contributed by atoms with van der Waals surface area (Å²) >= 11 is 0. The smallest absolute Gasteiger partial charge is 0.305 e. The Morgan fingerprint density at radius 3 is 2.25 bits per heavy atom. The molecular formula is C28H54NO10P. The summed E-state index contributed by atoms with van der Waals surface area (Å²) in [6.45, 7) is 2.86. The van der Waals surface area contributed by atoms with Crippen LogP contribution in [-0.2, 0) is 32.7 Å². The van der Waals surface area contributed by atoms with E-state index in [1.54, 1.807) is 0 Å². The molecule has 40 heavy (non-hydrogen) atoms. The van der Waals surface area contributed by atoms with E-state index in [4.69, 9.17) is 18.5 Å². The highest BCUT2D eigenvalue weighted by Crippen LogP contribution is 2.38. The Balaban J connectivity index is 4.09. The fourth-order valence-corrected chi connectivity index (χ4v) is 4.34. The highest BCUT2D eigenvalue weighted by atomic mass is 31.2. The number of esters is 2. The molecule has 0 rings (SSSR count). The zero-order chi connectivity index (χ0) is 30.4. The Labute approximate surface area is 241 Å². The van der Waals surface area contributed by atoms with Crippen molar-refractivity contribution in [3.63, 3.8) is 0 Å². The molecule has 12 heteroatoms. The molecule has 0 aromatic carbocycles. The SMILES string of the molecule is CCCCC/C=C\C[C@@H](O)[C@H](O)CCCCCCCC(=O)OC[C@H](COP(=O)([O-])OCC[N+](C)(C)C)OC(C)=O. The number of nitrogens with zero attached hydrogens (tertiary/aromatic N) is 1. The van der Waals surface area contributed by atoms with Crippen LogP contribution in [0.2, 0.25) is 0 Å². The number of carbonyl (C=O) groups is 2. The van der Waals surface area contributed by atoms with Crippen molar-refractivity contribution in [1.29, 1.82) is 0 Å². The molecule has 236 valence electrons. The van der Waals surface area contributed by atoms with Gasteiger partial charge in [0.1, 0.15) is 19.8 Å². The average Bonchev–Trinajstić information content (AvgIpc) is 2.85. The second-order valence-corrected chi connectivity index (χ2v) is 12.6. The third kappa shape index (κ3) is 24.5. The lowest BCUT2D eigenvalue weighted by Crippen LogP contribution is -2.37. The lowest BCUT2D eigenvalue weighted by molar-refractivity contribution is -0.870. The highest BCUT2D eigenvalue weighted by Gasteiger charge is 2.20. The number of allylic oxidation sites excluding steroid dienone is 1. The minimum absolute atomic E-state index is 0.0586. The minimum Gasteiger partial charge on any atom is -0.756 e. The van der Waals surface area contributed by atoms with E-state index >= 15 is 0 Å². The van der Waals surface area contributed by atoms with Gasteiger partial charge in [0, 0.05) is 13.3 Å². The molecule has 0 aliphatic rings. The molecule has 4 atom stereocenters. The van der Waals surface area contributed by atoms with E-state index < -0.39 is 44.7 Å². The molecule has 0 radical (unpaired) electrons. The van der Waals surface area contributed by atoms with E-state index in [0.717, 1.165) is 45.4 Å². The van der Waals surface area contributed by atoms with Gasteiger partial charge < -0.3 is 38.1 Å². The first-order chi connectivity index (χ1) is 18.8. The van der Waals surface area contributed by atoms with Gasteiger partial charge in [-0.2, -0.15) is 0 Å². The highest BCUT2D eigenvalue weighted by molar-refractivity contribution is 7.45. The lowest BCUT2D eigenvalue weighted by Gasteiger charge is -2.28. The van der Waals surface area contributed by atoms with Crippen molar-refractivity contribution >= 4 is 19.8 Å². The van der Waals surface area contributed by atoms with Crippen LogP contribution in [0.5, 0.6) is 0 Å². The molecule has 0 aromatic heterocycles.